The number of carbonyl (C=O) groups excluding carboxylic acids is 2. The van der Waals surface area contributed by atoms with Crippen molar-refractivity contribution in [2.75, 3.05) is 16.0 Å². The Morgan fingerprint density at radius 3 is 2.79 bits per heavy atom. The van der Waals surface area contributed by atoms with Crippen LogP contribution in [0.25, 0.3) is 11.5 Å². The Bertz CT molecular complexity index is 1100. The molecule has 0 radical (unpaired) electrons. The van der Waals surface area contributed by atoms with Gasteiger partial charge in [0.2, 0.25) is 17.7 Å². The molecule has 0 saturated heterocycles. The van der Waals surface area contributed by atoms with Crippen molar-refractivity contribution >= 4 is 46.6 Å². The number of anilines is 2. The number of hydrogen-bond acceptors (Lipinski definition) is 6. The molecule has 1 N–H and O–H groups in total. The van der Waals surface area contributed by atoms with Gasteiger partial charge in [-0.25, -0.2) is 0 Å². The molecule has 2 aromatic carbocycles. The quantitative estimate of drug-likeness (QED) is 0.625. The second-order valence-electron chi connectivity index (χ2n) is 6.93. The molecule has 7 nitrogen and oxygen atoms in total. The lowest BCUT2D eigenvalue weighted by Gasteiger charge is -2.42. The van der Waals surface area contributed by atoms with Crippen molar-refractivity contribution in [2.45, 2.75) is 24.6 Å². The van der Waals surface area contributed by atoms with Gasteiger partial charge in [-0.3, -0.25) is 14.5 Å². The average Bonchev–Trinajstić information content (AvgIpc) is 3.16. The first-order valence-electron chi connectivity index (χ1n) is 8.82. The second kappa shape index (κ2) is 7.53. The van der Waals surface area contributed by atoms with Gasteiger partial charge in [-0.05, 0) is 44.2 Å². The Hall–Kier alpha value is -2.84. The lowest BCUT2D eigenvalue weighted by molar-refractivity contribution is -0.125. The summed E-state index contributed by atoms with van der Waals surface area (Å²) in [5.74, 6) is -0.103. The third kappa shape index (κ3) is 3.73. The average molecular weight is 429 g/mol. The maximum Gasteiger partial charge on any atom is 0.277 e. The van der Waals surface area contributed by atoms with Crippen molar-refractivity contribution in [3.63, 3.8) is 0 Å². The van der Waals surface area contributed by atoms with Gasteiger partial charge >= 0.3 is 0 Å². The van der Waals surface area contributed by atoms with E-state index in [0.717, 1.165) is 11.8 Å². The van der Waals surface area contributed by atoms with E-state index in [9.17, 15) is 9.59 Å². The summed E-state index contributed by atoms with van der Waals surface area (Å²) in [7, 11) is 0. The number of nitrogens with zero attached hydrogens (tertiary/aromatic N) is 3. The minimum atomic E-state index is -1.02. The molecule has 0 spiro atoms. The number of thioether (sulfide) groups is 1. The number of benzene rings is 2. The van der Waals surface area contributed by atoms with E-state index in [2.05, 4.69) is 15.5 Å². The summed E-state index contributed by atoms with van der Waals surface area (Å²) in [5, 5.41) is 11.7. The third-order valence-corrected chi connectivity index (χ3v) is 5.59. The number of carbonyl (C=O) groups is 2. The van der Waals surface area contributed by atoms with Crippen LogP contribution in [0.15, 0.2) is 58.2 Å². The van der Waals surface area contributed by atoms with Gasteiger partial charge in [0, 0.05) is 10.6 Å². The summed E-state index contributed by atoms with van der Waals surface area (Å²) in [6, 6.07) is 14.3. The molecule has 2 heterocycles. The molecule has 148 valence electrons. The highest BCUT2D eigenvalue weighted by atomic mass is 35.5. The number of amides is 2. The molecular weight excluding hydrogens is 412 g/mol. The van der Waals surface area contributed by atoms with E-state index in [1.54, 1.807) is 38.1 Å². The molecule has 1 aromatic heterocycles. The molecule has 2 amide bonds. The maximum atomic E-state index is 13.0. The van der Waals surface area contributed by atoms with E-state index in [-0.39, 0.29) is 22.8 Å². The minimum absolute atomic E-state index is 0.0439. The summed E-state index contributed by atoms with van der Waals surface area (Å²) in [5.41, 5.74) is 0.947. The molecular formula is C20H17ClN4O3S. The molecule has 0 atom stereocenters. The SMILES string of the molecule is CC1(C)C(=O)Nc2ccccc2N1C(=O)CSc1nnc(-c2cccc(Cl)c2)o1. The summed E-state index contributed by atoms with van der Waals surface area (Å²) in [6.45, 7) is 3.43. The van der Waals surface area contributed by atoms with Crippen molar-refractivity contribution in [2.24, 2.45) is 0 Å². The summed E-state index contributed by atoms with van der Waals surface area (Å²) >= 11 is 7.11. The zero-order valence-corrected chi connectivity index (χ0v) is 17.3. The van der Waals surface area contributed by atoms with E-state index in [1.807, 2.05) is 24.3 Å². The fourth-order valence-electron chi connectivity index (χ4n) is 3.09. The van der Waals surface area contributed by atoms with Crippen LogP contribution in [0.1, 0.15) is 13.8 Å². The number of halogens is 1. The van der Waals surface area contributed by atoms with Crippen LogP contribution in [-0.2, 0) is 9.59 Å². The number of aromatic nitrogens is 2. The first-order valence-corrected chi connectivity index (χ1v) is 10.2. The van der Waals surface area contributed by atoms with E-state index < -0.39 is 5.54 Å². The summed E-state index contributed by atoms with van der Waals surface area (Å²) in [4.78, 5) is 27.0. The molecule has 4 rings (SSSR count). The molecule has 0 bridgehead atoms. The van der Waals surface area contributed by atoms with Crippen LogP contribution < -0.4 is 10.2 Å². The smallest absolute Gasteiger partial charge is 0.277 e. The summed E-state index contributed by atoms with van der Waals surface area (Å²) < 4.78 is 5.64. The molecule has 3 aromatic rings. The van der Waals surface area contributed by atoms with Gasteiger partial charge in [0.25, 0.3) is 5.22 Å². The van der Waals surface area contributed by atoms with Gasteiger partial charge in [-0.15, -0.1) is 10.2 Å². The van der Waals surface area contributed by atoms with Crippen molar-refractivity contribution in [3.05, 3.63) is 53.6 Å². The lowest BCUT2D eigenvalue weighted by atomic mass is 9.96. The molecule has 9 heteroatoms. The molecule has 1 aliphatic heterocycles. The van der Waals surface area contributed by atoms with Gasteiger partial charge in [-0.2, -0.15) is 0 Å². The standard InChI is InChI=1S/C20H17ClN4O3S/c1-20(2)18(27)22-14-8-3-4-9-15(14)25(20)16(26)11-29-19-24-23-17(28-19)12-6-5-7-13(21)10-12/h3-10H,11H2,1-2H3,(H,22,27). The van der Waals surface area contributed by atoms with Gasteiger partial charge < -0.3 is 9.73 Å². The van der Waals surface area contributed by atoms with Gasteiger partial charge in [-0.1, -0.05) is 41.6 Å². The Balaban J connectivity index is 1.52. The number of fused-ring (bicyclic) bond motifs is 1. The molecule has 0 fully saturated rings. The lowest BCUT2D eigenvalue weighted by Crippen LogP contribution is -2.58. The molecule has 0 aliphatic carbocycles. The van der Waals surface area contributed by atoms with E-state index in [0.29, 0.717) is 27.9 Å². The third-order valence-electron chi connectivity index (χ3n) is 4.55. The van der Waals surface area contributed by atoms with Crippen LogP contribution in [-0.4, -0.2) is 33.3 Å². The van der Waals surface area contributed by atoms with Gasteiger partial charge in [0.1, 0.15) is 5.54 Å². The zero-order valence-electron chi connectivity index (χ0n) is 15.7. The van der Waals surface area contributed by atoms with Crippen LogP contribution >= 0.6 is 23.4 Å². The molecule has 1 aliphatic rings. The van der Waals surface area contributed by atoms with E-state index in [4.69, 9.17) is 16.0 Å². The Labute approximate surface area is 176 Å². The molecule has 0 unspecified atom stereocenters. The molecule has 0 saturated carbocycles. The maximum absolute atomic E-state index is 13.0. The minimum Gasteiger partial charge on any atom is -0.411 e. The van der Waals surface area contributed by atoms with Crippen molar-refractivity contribution in [1.82, 2.24) is 10.2 Å². The Morgan fingerprint density at radius 2 is 2.00 bits per heavy atom. The van der Waals surface area contributed by atoms with Crippen molar-refractivity contribution in [1.29, 1.82) is 0 Å². The fourth-order valence-corrected chi connectivity index (χ4v) is 3.90. The second-order valence-corrected chi connectivity index (χ2v) is 8.29. The van der Waals surface area contributed by atoms with Gasteiger partial charge in [0.05, 0.1) is 17.1 Å². The normalized spacial score (nSPS) is 15.0. The number of hydrogen-bond donors (Lipinski definition) is 1. The van der Waals surface area contributed by atoms with Crippen molar-refractivity contribution < 1.29 is 14.0 Å². The highest BCUT2D eigenvalue weighted by Gasteiger charge is 2.43. The first-order chi connectivity index (χ1) is 13.9. The first kappa shape index (κ1) is 19.5. The number of rotatable bonds is 4. The highest BCUT2D eigenvalue weighted by Crippen LogP contribution is 2.37. The predicted molar refractivity (Wildman–Crippen MR) is 112 cm³/mol. The summed E-state index contributed by atoms with van der Waals surface area (Å²) in [6.07, 6.45) is 0. The molecule has 29 heavy (non-hydrogen) atoms. The van der Waals surface area contributed by atoms with Gasteiger partial charge in [0.15, 0.2) is 0 Å². The fraction of sp³-hybridized carbons (Fsp3) is 0.200. The monoisotopic (exact) mass is 428 g/mol. The van der Waals surface area contributed by atoms with Crippen LogP contribution in [0.2, 0.25) is 5.02 Å². The van der Waals surface area contributed by atoms with Crippen LogP contribution in [0, 0.1) is 0 Å². The Morgan fingerprint density at radius 1 is 1.21 bits per heavy atom. The van der Waals surface area contributed by atoms with E-state index in [1.165, 1.54) is 4.90 Å². The predicted octanol–water partition coefficient (Wildman–Crippen LogP) is 4.25. The largest absolute Gasteiger partial charge is 0.411 e. The zero-order chi connectivity index (χ0) is 20.6. The highest BCUT2D eigenvalue weighted by molar-refractivity contribution is 7.99. The number of nitrogens with one attached hydrogen (secondary N) is 1. The van der Waals surface area contributed by atoms with Crippen LogP contribution in [0.3, 0.4) is 0 Å². The van der Waals surface area contributed by atoms with Crippen LogP contribution in [0.5, 0.6) is 0 Å². The number of para-hydroxylation sites is 2. The van der Waals surface area contributed by atoms with E-state index >= 15 is 0 Å². The topological polar surface area (TPSA) is 88.3 Å². The van der Waals surface area contributed by atoms with Crippen molar-refractivity contribution in [3.8, 4) is 11.5 Å². The Kier molecular flexibility index (Phi) is 5.06. The van der Waals surface area contributed by atoms with Crippen LogP contribution in [0.4, 0.5) is 11.4 Å².